The summed E-state index contributed by atoms with van der Waals surface area (Å²) in [6.07, 6.45) is 0. The summed E-state index contributed by atoms with van der Waals surface area (Å²) < 4.78 is 17.6. The minimum Gasteiger partial charge on any atom is -0.456 e. The third-order valence-corrected chi connectivity index (χ3v) is 30.0. The topological polar surface area (TPSA) is 32.8 Å². The molecule has 27 rings (SSSR count). The van der Waals surface area contributed by atoms with Crippen molar-refractivity contribution in [1.82, 2.24) is 0 Å². The number of hydrogen-bond donors (Lipinski definition) is 0. The predicted molar refractivity (Wildman–Crippen MR) is 556 cm³/mol. The fourth-order valence-corrected chi connectivity index (χ4v) is 23.8. The maximum atomic E-state index is 6.19. The van der Waals surface area contributed by atoms with Crippen molar-refractivity contribution in [3.63, 3.8) is 0 Å². The van der Waals surface area contributed by atoms with Gasteiger partial charge in [0.1, 0.15) is 22.3 Å². The monoisotopic (exact) mass is 1720 g/mol. The van der Waals surface area contributed by atoms with Crippen LogP contribution in [0, 0.1) is 0 Å². The second kappa shape index (κ2) is 31.2. The molecule has 0 N–H and O–H groups in total. The van der Waals surface area contributed by atoms with Gasteiger partial charge in [0.15, 0.2) is 0 Å². The summed E-state index contributed by atoms with van der Waals surface area (Å²) in [5.41, 5.74) is 33.9. The molecule has 618 valence electrons. The average Bonchev–Trinajstić information content (AvgIpc) is 1.54. The number of fused-ring (bicyclic) bond motifs is 19. The Kier molecular flexibility index (Phi) is 18.1. The van der Waals surface area contributed by atoms with Crippen LogP contribution in [-0.2, 0) is 10.8 Å². The van der Waals surface area contributed by atoms with Gasteiger partial charge in [-0.15, -0.1) is 22.7 Å². The summed E-state index contributed by atoms with van der Waals surface area (Å²) in [5, 5.41) is 12.1. The zero-order valence-corrected chi connectivity index (χ0v) is 73.3. The van der Waals surface area contributed by atoms with Gasteiger partial charge in [-0.05, 0) is 274 Å². The lowest BCUT2D eigenvalue weighted by Gasteiger charge is -2.35. The largest absolute Gasteiger partial charge is 0.456 e. The van der Waals surface area contributed by atoms with Crippen molar-refractivity contribution in [1.29, 1.82) is 0 Å². The van der Waals surface area contributed by atoms with Crippen LogP contribution in [0.15, 0.2) is 494 Å². The van der Waals surface area contributed by atoms with Crippen LogP contribution in [0.5, 0.6) is 0 Å². The molecule has 4 nitrogen and oxygen atoms in total. The maximum Gasteiger partial charge on any atom is 0.135 e. The van der Waals surface area contributed by atoms with Crippen LogP contribution in [0.4, 0.5) is 34.1 Å². The minimum absolute atomic E-state index is 0.501. The van der Waals surface area contributed by atoms with Crippen molar-refractivity contribution in [2.75, 3.05) is 9.80 Å². The fourth-order valence-electron chi connectivity index (χ4n) is 21.7. The number of para-hydroxylation sites is 2. The molecule has 4 aromatic heterocycles. The van der Waals surface area contributed by atoms with Gasteiger partial charge in [0, 0.05) is 96.0 Å². The van der Waals surface area contributed by atoms with E-state index in [1.165, 1.54) is 146 Å². The molecular weight excluding hydrogens is 1640 g/mol. The first-order valence-electron chi connectivity index (χ1n) is 45.2. The summed E-state index contributed by atoms with van der Waals surface area (Å²) in [6.45, 7) is 0. The van der Waals surface area contributed by atoms with Crippen molar-refractivity contribution in [2.45, 2.75) is 10.8 Å². The van der Waals surface area contributed by atoms with Crippen molar-refractivity contribution >= 4 is 152 Å². The summed E-state index contributed by atoms with van der Waals surface area (Å²) in [5.74, 6) is 0. The molecule has 132 heavy (non-hydrogen) atoms. The predicted octanol–water partition coefficient (Wildman–Crippen LogP) is 35.4. The molecule has 0 aliphatic heterocycles. The lowest BCUT2D eigenvalue weighted by Crippen LogP contribution is -2.28. The highest BCUT2D eigenvalue weighted by atomic mass is 32.1. The van der Waals surface area contributed by atoms with Crippen LogP contribution in [-0.4, -0.2) is 0 Å². The molecule has 6 heteroatoms. The van der Waals surface area contributed by atoms with Gasteiger partial charge >= 0.3 is 0 Å². The zero-order valence-electron chi connectivity index (χ0n) is 71.7. The second-order valence-corrected chi connectivity index (χ2v) is 37.0. The highest BCUT2D eigenvalue weighted by Gasteiger charge is 2.48. The Morgan fingerprint density at radius 1 is 0.167 bits per heavy atom. The van der Waals surface area contributed by atoms with E-state index >= 15 is 0 Å². The summed E-state index contributed by atoms with van der Waals surface area (Å²) in [6, 6.07) is 178. The number of rotatable bonds is 14. The Bertz CT molecular complexity index is 8620. The molecule has 0 amide bonds. The van der Waals surface area contributed by atoms with Gasteiger partial charge in [0.05, 0.1) is 10.8 Å². The van der Waals surface area contributed by atoms with Crippen molar-refractivity contribution < 1.29 is 8.83 Å². The van der Waals surface area contributed by atoms with E-state index in [1.54, 1.807) is 0 Å². The lowest BCUT2D eigenvalue weighted by atomic mass is 9.67. The van der Waals surface area contributed by atoms with E-state index in [0.29, 0.717) is 0 Å². The van der Waals surface area contributed by atoms with Crippen LogP contribution in [0.2, 0.25) is 0 Å². The number of furan rings is 2. The van der Waals surface area contributed by atoms with Crippen LogP contribution in [0.3, 0.4) is 0 Å². The van der Waals surface area contributed by atoms with Crippen molar-refractivity contribution in [3.8, 4) is 66.8 Å². The SMILES string of the molecule is c1ccc(C2(c3cccc(N(c4ccc(-c5ccc6oc7ccccc7c6c5)cc4)c4ccc5cc(-c6ccc7oc8ccccc8c7c6)ccc5c4)c3)c3ccccc3-c3ccccc32)cc1.c1ccc(C2(c3cccc(N(c4ccc(-c5ccc6sc7ccccc7c6c5)cc4)c4ccc(-c5ccc6sc7ccccc7c6c5)cc4)c3)c3ccccc3-c3ccccc32)cc1. The van der Waals surface area contributed by atoms with E-state index in [2.05, 4.69) is 471 Å². The minimum atomic E-state index is -0.526. The summed E-state index contributed by atoms with van der Waals surface area (Å²) >= 11 is 3.72. The number of benzene rings is 21. The molecule has 0 saturated heterocycles. The highest BCUT2D eigenvalue weighted by Crippen LogP contribution is 2.60. The molecule has 0 spiro atoms. The average molecular weight is 1720 g/mol. The van der Waals surface area contributed by atoms with Gasteiger partial charge in [-0.25, -0.2) is 0 Å². The van der Waals surface area contributed by atoms with Gasteiger partial charge in [-0.1, -0.05) is 334 Å². The van der Waals surface area contributed by atoms with E-state index in [4.69, 9.17) is 8.83 Å². The van der Waals surface area contributed by atoms with Gasteiger partial charge in [0.2, 0.25) is 0 Å². The Labute approximate surface area is 772 Å². The van der Waals surface area contributed by atoms with E-state index in [9.17, 15) is 0 Å². The lowest BCUT2D eigenvalue weighted by molar-refractivity contribution is 0.668. The maximum absolute atomic E-state index is 6.19. The number of nitrogens with zero attached hydrogens (tertiary/aromatic N) is 2. The Morgan fingerprint density at radius 2 is 0.455 bits per heavy atom. The first kappa shape index (κ1) is 76.7. The quantitative estimate of drug-likeness (QED) is 0.109. The first-order valence-corrected chi connectivity index (χ1v) is 46.8. The number of hydrogen-bond acceptors (Lipinski definition) is 6. The Balaban J connectivity index is 0.000000139. The van der Waals surface area contributed by atoms with E-state index in [0.717, 1.165) is 94.7 Å². The highest BCUT2D eigenvalue weighted by molar-refractivity contribution is 7.26. The van der Waals surface area contributed by atoms with Gasteiger partial charge < -0.3 is 18.6 Å². The molecule has 0 atom stereocenters. The number of anilines is 6. The van der Waals surface area contributed by atoms with Crippen LogP contribution in [0.1, 0.15) is 44.5 Å². The van der Waals surface area contributed by atoms with Gasteiger partial charge in [0.25, 0.3) is 0 Å². The van der Waals surface area contributed by atoms with Crippen molar-refractivity contribution in [2.24, 2.45) is 0 Å². The van der Waals surface area contributed by atoms with Gasteiger partial charge in [-0.2, -0.15) is 0 Å². The van der Waals surface area contributed by atoms with E-state index < -0.39 is 10.8 Å². The standard InChI is InChI=1S/C65H41NO2.C61H39NS2/c1-2-13-48(14-3-1)65(59-21-8-4-17-53(59)54-18-5-9-22-60(54)65)49-15-12-16-51(41-49)66(50-32-27-42(28-33-50)46-30-35-63-57(39-46)55-19-6-10-23-61(55)67-63)52-34-29-44-37-43(25-26-45(44)38-52)47-31-36-64-58(40-47)56-20-7-11-24-62(56)68-64;1-2-13-44(14-3-1)61(55-21-8-4-17-49(55)50-18-5-9-22-56(50)61)45-15-12-16-48(39-45)62(46-31-25-40(26-32-46)42-29-35-59-53(37-42)51-19-6-10-23-57(51)63-59)47-33-27-41(28-34-47)43-30-36-60-54(38-43)52-20-7-11-24-58(52)64-60/h1-41H;1-39H. The Hall–Kier alpha value is -16.5. The molecule has 2 aliphatic rings. The fraction of sp³-hybridized carbons (Fsp3) is 0.0159. The zero-order chi connectivity index (χ0) is 87.0. The van der Waals surface area contributed by atoms with Crippen molar-refractivity contribution in [3.05, 3.63) is 530 Å². The molecular formula is C126H80N2O2S2. The van der Waals surface area contributed by atoms with E-state index in [1.807, 2.05) is 46.9 Å². The molecule has 2 aliphatic carbocycles. The van der Waals surface area contributed by atoms with Crippen LogP contribution < -0.4 is 9.80 Å². The molecule has 0 radical (unpaired) electrons. The Morgan fingerprint density at radius 3 is 0.894 bits per heavy atom. The second-order valence-electron chi connectivity index (χ2n) is 34.8. The molecule has 0 saturated carbocycles. The third kappa shape index (κ3) is 12.5. The van der Waals surface area contributed by atoms with Gasteiger partial charge in [-0.3, -0.25) is 0 Å². The summed E-state index contributed by atoms with van der Waals surface area (Å²) in [4.78, 5) is 4.84. The third-order valence-electron chi connectivity index (χ3n) is 27.7. The van der Waals surface area contributed by atoms with E-state index in [-0.39, 0.29) is 0 Å². The smallest absolute Gasteiger partial charge is 0.135 e. The van der Waals surface area contributed by atoms with Crippen LogP contribution in [0.25, 0.3) is 162 Å². The molecule has 0 fully saturated rings. The summed E-state index contributed by atoms with van der Waals surface area (Å²) in [7, 11) is 0. The normalized spacial score (nSPS) is 12.8. The molecule has 4 heterocycles. The first-order chi connectivity index (χ1) is 65.4. The molecule has 0 bridgehead atoms. The van der Waals surface area contributed by atoms with Crippen LogP contribution >= 0.6 is 22.7 Å². The molecule has 25 aromatic rings. The number of thiophene rings is 2. The molecule has 0 unspecified atom stereocenters. The molecule has 21 aromatic carbocycles.